The standard InChI is InChI=1S/C15H20N2O5S2/c1-22-7-15(19)17-4-3-16(12-9-24(20,21)10-13(12)17)14(18)6-11-2-5-23-8-11/h2,5,8,12-13H,3-4,6-7,9-10H2,1H3/t12-,13+/m1/s1. The summed E-state index contributed by atoms with van der Waals surface area (Å²) in [5.74, 6) is -0.479. The van der Waals surface area contributed by atoms with Crippen LogP contribution >= 0.6 is 11.3 Å². The van der Waals surface area contributed by atoms with Crippen LogP contribution in [0.25, 0.3) is 0 Å². The maximum atomic E-state index is 12.6. The fraction of sp³-hybridized carbons (Fsp3) is 0.600. The van der Waals surface area contributed by atoms with Crippen molar-refractivity contribution in [2.24, 2.45) is 0 Å². The molecular formula is C15H20N2O5S2. The van der Waals surface area contributed by atoms with Crippen molar-refractivity contribution in [2.75, 3.05) is 38.3 Å². The Morgan fingerprint density at radius 2 is 1.83 bits per heavy atom. The number of rotatable bonds is 4. The molecule has 2 saturated heterocycles. The maximum Gasteiger partial charge on any atom is 0.248 e. The average molecular weight is 372 g/mol. The molecule has 0 aromatic carbocycles. The van der Waals surface area contributed by atoms with Crippen molar-refractivity contribution < 1.29 is 22.7 Å². The second-order valence-corrected chi connectivity index (χ2v) is 9.06. The summed E-state index contributed by atoms with van der Waals surface area (Å²) in [6, 6.07) is 0.956. The zero-order chi connectivity index (χ0) is 17.3. The van der Waals surface area contributed by atoms with E-state index in [4.69, 9.17) is 4.74 Å². The molecule has 2 aliphatic heterocycles. The molecule has 3 heterocycles. The molecule has 132 valence electrons. The van der Waals surface area contributed by atoms with E-state index in [9.17, 15) is 18.0 Å². The van der Waals surface area contributed by atoms with Gasteiger partial charge in [-0.2, -0.15) is 11.3 Å². The molecule has 3 rings (SSSR count). The largest absolute Gasteiger partial charge is 0.375 e. The van der Waals surface area contributed by atoms with E-state index in [2.05, 4.69) is 0 Å². The molecule has 24 heavy (non-hydrogen) atoms. The lowest BCUT2D eigenvalue weighted by Crippen LogP contribution is -2.62. The monoisotopic (exact) mass is 372 g/mol. The molecule has 2 amide bonds. The zero-order valence-corrected chi connectivity index (χ0v) is 15.0. The van der Waals surface area contributed by atoms with Crippen molar-refractivity contribution in [3.05, 3.63) is 22.4 Å². The summed E-state index contributed by atoms with van der Waals surface area (Å²) in [5, 5.41) is 3.83. The lowest BCUT2D eigenvalue weighted by Gasteiger charge is -2.43. The van der Waals surface area contributed by atoms with Gasteiger partial charge in [0.05, 0.1) is 30.0 Å². The summed E-state index contributed by atoms with van der Waals surface area (Å²) in [4.78, 5) is 28.0. The van der Waals surface area contributed by atoms with Crippen LogP contribution in [0.2, 0.25) is 0 Å². The molecule has 7 nitrogen and oxygen atoms in total. The Kier molecular flexibility index (Phi) is 4.93. The molecule has 1 aromatic rings. The van der Waals surface area contributed by atoms with Crippen molar-refractivity contribution in [3.63, 3.8) is 0 Å². The third-order valence-corrected chi connectivity index (χ3v) is 6.95. The molecule has 0 bridgehead atoms. The van der Waals surface area contributed by atoms with Crippen LogP contribution < -0.4 is 0 Å². The smallest absolute Gasteiger partial charge is 0.248 e. The quantitative estimate of drug-likeness (QED) is 0.729. The highest BCUT2D eigenvalue weighted by Gasteiger charge is 2.49. The van der Waals surface area contributed by atoms with Crippen molar-refractivity contribution >= 4 is 33.0 Å². The first-order chi connectivity index (χ1) is 11.4. The van der Waals surface area contributed by atoms with Gasteiger partial charge < -0.3 is 14.5 Å². The first-order valence-electron chi connectivity index (χ1n) is 7.70. The van der Waals surface area contributed by atoms with E-state index < -0.39 is 21.9 Å². The van der Waals surface area contributed by atoms with E-state index in [0.29, 0.717) is 13.1 Å². The number of ether oxygens (including phenoxy) is 1. The van der Waals surface area contributed by atoms with Crippen LogP contribution in [0.5, 0.6) is 0 Å². The minimum atomic E-state index is -3.27. The second-order valence-electron chi connectivity index (χ2n) is 6.13. The Morgan fingerprint density at radius 1 is 1.21 bits per heavy atom. The molecule has 2 atom stereocenters. The summed E-state index contributed by atoms with van der Waals surface area (Å²) >= 11 is 1.52. The number of nitrogens with zero attached hydrogens (tertiary/aromatic N) is 2. The summed E-state index contributed by atoms with van der Waals surface area (Å²) in [6.45, 7) is 0.621. The number of carbonyl (C=O) groups is 2. The number of carbonyl (C=O) groups excluding carboxylic acids is 2. The highest BCUT2D eigenvalue weighted by atomic mass is 32.2. The van der Waals surface area contributed by atoms with E-state index in [1.54, 1.807) is 9.80 Å². The van der Waals surface area contributed by atoms with E-state index in [1.165, 1.54) is 18.4 Å². The molecular weight excluding hydrogens is 352 g/mol. The van der Waals surface area contributed by atoms with E-state index >= 15 is 0 Å². The van der Waals surface area contributed by atoms with Gasteiger partial charge in [-0.05, 0) is 22.4 Å². The van der Waals surface area contributed by atoms with Gasteiger partial charge in [-0.1, -0.05) is 0 Å². The van der Waals surface area contributed by atoms with Crippen LogP contribution in [0.4, 0.5) is 0 Å². The minimum Gasteiger partial charge on any atom is -0.375 e. The van der Waals surface area contributed by atoms with Gasteiger partial charge in [0.1, 0.15) is 6.61 Å². The fourth-order valence-corrected chi connectivity index (χ4v) is 6.10. The fourth-order valence-electron chi connectivity index (χ4n) is 3.45. The molecule has 9 heteroatoms. The summed E-state index contributed by atoms with van der Waals surface area (Å²) in [5.41, 5.74) is 0.931. The van der Waals surface area contributed by atoms with Gasteiger partial charge in [-0.3, -0.25) is 9.59 Å². The van der Waals surface area contributed by atoms with Gasteiger partial charge in [-0.25, -0.2) is 8.42 Å². The van der Waals surface area contributed by atoms with Crippen LogP contribution in [-0.4, -0.2) is 80.4 Å². The number of amides is 2. The van der Waals surface area contributed by atoms with E-state index in [1.807, 2.05) is 16.8 Å². The molecule has 0 aliphatic carbocycles. The summed E-state index contributed by atoms with van der Waals surface area (Å²) in [7, 11) is -1.83. The topological polar surface area (TPSA) is 84.0 Å². The van der Waals surface area contributed by atoms with Gasteiger partial charge in [0.15, 0.2) is 9.84 Å². The Labute approximate surface area is 145 Å². The van der Waals surface area contributed by atoms with E-state index in [-0.39, 0.29) is 36.3 Å². The number of fused-ring (bicyclic) bond motifs is 1. The Morgan fingerprint density at radius 3 is 2.38 bits per heavy atom. The van der Waals surface area contributed by atoms with Crippen LogP contribution in [0.15, 0.2) is 16.8 Å². The summed E-state index contributed by atoms with van der Waals surface area (Å²) < 4.78 is 29.1. The lowest BCUT2D eigenvalue weighted by molar-refractivity contribution is -0.147. The highest BCUT2D eigenvalue weighted by molar-refractivity contribution is 7.91. The third-order valence-electron chi connectivity index (χ3n) is 4.52. The van der Waals surface area contributed by atoms with Crippen LogP contribution in [0.3, 0.4) is 0 Å². The Hall–Kier alpha value is -1.45. The number of sulfone groups is 1. The molecule has 0 saturated carbocycles. The van der Waals surface area contributed by atoms with Crippen LogP contribution in [0, 0.1) is 0 Å². The molecule has 0 N–H and O–H groups in total. The normalized spacial score (nSPS) is 25.5. The first kappa shape index (κ1) is 17.4. The second kappa shape index (κ2) is 6.81. The number of piperazine rings is 1. The van der Waals surface area contributed by atoms with Crippen LogP contribution in [0.1, 0.15) is 5.56 Å². The number of hydrogen-bond donors (Lipinski definition) is 0. The van der Waals surface area contributed by atoms with E-state index in [0.717, 1.165) is 5.56 Å². The summed E-state index contributed by atoms with van der Waals surface area (Å²) in [6.07, 6.45) is 0.263. The number of thiophene rings is 1. The zero-order valence-electron chi connectivity index (χ0n) is 13.4. The predicted octanol–water partition coefficient (Wildman–Crippen LogP) is -0.227. The molecule has 0 unspecified atom stereocenters. The average Bonchev–Trinajstić information content (AvgIpc) is 3.11. The van der Waals surface area contributed by atoms with Crippen molar-refractivity contribution in [3.8, 4) is 0 Å². The Balaban J connectivity index is 1.79. The lowest BCUT2D eigenvalue weighted by atomic mass is 10.0. The predicted molar refractivity (Wildman–Crippen MR) is 89.6 cm³/mol. The number of methoxy groups -OCH3 is 1. The third kappa shape index (κ3) is 3.47. The van der Waals surface area contributed by atoms with Gasteiger partial charge >= 0.3 is 0 Å². The minimum absolute atomic E-state index is 0.0773. The molecule has 0 radical (unpaired) electrons. The first-order valence-corrected chi connectivity index (χ1v) is 10.5. The van der Waals surface area contributed by atoms with Gasteiger partial charge in [-0.15, -0.1) is 0 Å². The van der Waals surface area contributed by atoms with Crippen molar-refractivity contribution in [2.45, 2.75) is 18.5 Å². The molecule has 2 fully saturated rings. The molecule has 2 aliphatic rings. The maximum absolute atomic E-state index is 12.6. The highest BCUT2D eigenvalue weighted by Crippen LogP contribution is 2.28. The Bertz CT molecular complexity index is 716. The van der Waals surface area contributed by atoms with Crippen LogP contribution in [-0.2, 0) is 30.6 Å². The molecule has 1 aromatic heterocycles. The number of hydrogen-bond acceptors (Lipinski definition) is 6. The van der Waals surface area contributed by atoms with Gasteiger partial charge in [0, 0.05) is 20.2 Å². The SMILES string of the molecule is COCC(=O)N1CCN(C(=O)Cc2ccsc2)[C@@H]2CS(=O)(=O)C[C@@H]21. The van der Waals surface area contributed by atoms with Crippen molar-refractivity contribution in [1.29, 1.82) is 0 Å². The van der Waals surface area contributed by atoms with Crippen molar-refractivity contribution in [1.82, 2.24) is 9.80 Å². The molecule has 0 spiro atoms. The van der Waals surface area contributed by atoms with Gasteiger partial charge in [0.2, 0.25) is 11.8 Å². The van der Waals surface area contributed by atoms with Gasteiger partial charge in [0.25, 0.3) is 0 Å².